The Bertz CT molecular complexity index is 307. The van der Waals surface area contributed by atoms with Crippen molar-refractivity contribution >= 4 is 12.1 Å². The van der Waals surface area contributed by atoms with Gasteiger partial charge in [-0.3, -0.25) is 4.90 Å². The van der Waals surface area contributed by atoms with Crippen LogP contribution >= 0.6 is 0 Å². The maximum absolute atomic E-state index is 11.5. The van der Waals surface area contributed by atoms with Gasteiger partial charge in [-0.25, -0.2) is 9.59 Å². The molecule has 0 aliphatic carbocycles. The number of nitrogens with zero attached hydrogens (tertiary/aromatic N) is 2. The van der Waals surface area contributed by atoms with Gasteiger partial charge in [0.25, 0.3) is 0 Å². The van der Waals surface area contributed by atoms with Crippen LogP contribution in [0.15, 0.2) is 0 Å². The number of hydrogen-bond acceptors (Lipinski definition) is 4. The van der Waals surface area contributed by atoms with E-state index in [0.29, 0.717) is 0 Å². The van der Waals surface area contributed by atoms with Gasteiger partial charge in [0.05, 0.1) is 6.54 Å². The van der Waals surface area contributed by atoms with Crippen molar-refractivity contribution in [1.82, 2.24) is 9.80 Å². The second-order valence-electron chi connectivity index (χ2n) is 4.42. The maximum Gasteiger partial charge on any atom is 0.411 e. The highest BCUT2D eigenvalue weighted by Crippen LogP contribution is 2.21. The summed E-state index contributed by atoms with van der Waals surface area (Å²) in [6.45, 7) is 2.00. The lowest BCUT2D eigenvalue weighted by Gasteiger charge is -2.34. The third kappa shape index (κ3) is 2.11. The number of cyclic esters (lactones) is 1. The van der Waals surface area contributed by atoms with Crippen molar-refractivity contribution in [2.75, 3.05) is 26.7 Å². The molecule has 2 fully saturated rings. The molecule has 0 spiro atoms. The number of amides is 1. The number of aliphatic carboxylic acids is 1. The van der Waals surface area contributed by atoms with Crippen molar-refractivity contribution in [2.45, 2.75) is 25.0 Å². The van der Waals surface area contributed by atoms with Gasteiger partial charge in [-0.15, -0.1) is 0 Å². The van der Waals surface area contributed by atoms with E-state index in [9.17, 15) is 9.59 Å². The third-order valence-corrected chi connectivity index (χ3v) is 3.16. The normalized spacial score (nSPS) is 31.6. The fourth-order valence-corrected chi connectivity index (χ4v) is 2.30. The number of ether oxygens (including phenoxy) is 1. The predicted octanol–water partition coefficient (Wildman–Crippen LogP) is -0.0140. The van der Waals surface area contributed by atoms with Crippen LogP contribution in [0.25, 0.3) is 0 Å². The Balaban J connectivity index is 1.99. The number of carbonyl (C=O) groups is 2. The molecule has 2 atom stereocenters. The first-order valence-electron chi connectivity index (χ1n) is 5.46. The second-order valence-corrected chi connectivity index (χ2v) is 4.42. The molecule has 2 aliphatic heterocycles. The molecule has 2 aliphatic rings. The van der Waals surface area contributed by atoms with Crippen LogP contribution in [0.5, 0.6) is 0 Å². The van der Waals surface area contributed by atoms with E-state index in [0.717, 1.165) is 25.9 Å². The zero-order valence-electron chi connectivity index (χ0n) is 9.26. The zero-order chi connectivity index (χ0) is 11.7. The summed E-state index contributed by atoms with van der Waals surface area (Å²) in [5, 5.41) is 8.78. The molecule has 0 bridgehead atoms. The van der Waals surface area contributed by atoms with E-state index in [1.165, 1.54) is 0 Å². The molecule has 0 aromatic rings. The van der Waals surface area contributed by atoms with Crippen molar-refractivity contribution in [3.05, 3.63) is 0 Å². The summed E-state index contributed by atoms with van der Waals surface area (Å²) in [4.78, 5) is 25.9. The van der Waals surface area contributed by atoms with Crippen molar-refractivity contribution in [3.63, 3.8) is 0 Å². The first-order valence-corrected chi connectivity index (χ1v) is 5.46. The SMILES string of the molecule is CN1CCCC(N2C[C@H](C(=O)O)OC2=O)C1. The van der Waals surface area contributed by atoms with E-state index in [1.54, 1.807) is 4.90 Å². The number of rotatable bonds is 2. The summed E-state index contributed by atoms with van der Waals surface area (Å²) in [5.74, 6) is -1.07. The zero-order valence-corrected chi connectivity index (χ0v) is 9.26. The second kappa shape index (κ2) is 4.29. The van der Waals surface area contributed by atoms with Gasteiger partial charge >= 0.3 is 12.1 Å². The van der Waals surface area contributed by atoms with Crippen molar-refractivity contribution < 1.29 is 19.4 Å². The molecule has 0 saturated carbocycles. The molecule has 0 radical (unpaired) electrons. The average molecular weight is 228 g/mol. The van der Waals surface area contributed by atoms with Crippen molar-refractivity contribution in [3.8, 4) is 0 Å². The molecule has 16 heavy (non-hydrogen) atoms. The third-order valence-electron chi connectivity index (χ3n) is 3.16. The van der Waals surface area contributed by atoms with Crippen LogP contribution in [0.2, 0.25) is 0 Å². The molecule has 6 nitrogen and oxygen atoms in total. The van der Waals surface area contributed by atoms with E-state index in [1.807, 2.05) is 7.05 Å². The Morgan fingerprint density at radius 1 is 1.50 bits per heavy atom. The molecule has 0 aromatic heterocycles. The Hall–Kier alpha value is -1.30. The fraction of sp³-hybridized carbons (Fsp3) is 0.800. The van der Waals surface area contributed by atoms with E-state index in [-0.39, 0.29) is 12.6 Å². The Morgan fingerprint density at radius 3 is 2.81 bits per heavy atom. The largest absolute Gasteiger partial charge is 0.478 e. The van der Waals surface area contributed by atoms with Crippen LogP contribution < -0.4 is 0 Å². The molecule has 0 aromatic carbocycles. The van der Waals surface area contributed by atoms with Gasteiger partial charge < -0.3 is 14.7 Å². The quantitative estimate of drug-likeness (QED) is 0.719. The standard InChI is InChI=1S/C10H16N2O4/c1-11-4-2-3-7(5-11)12-6-8(9(13)14)16-10(12)15/h7-8H,2-6H2,1H3,(H,13,14)/t7?,8-/m1/s1. The molecular formula is C10H16N2O4. The first-order chi connectivity index (χ1) is 7.58. The highest BCUT2D eigenvalue weighted by Gasteiger charge is 2.40. The summed E-state index contributed by atoms with van der Waals surface area (Å²) < 4.78 is 4.79. The summed E-state index contributed by atoms with van der Waals surface area (Å²) in [7, 11) is 2.00. The van der Waals surface area contributed by atoms with Gasteiger partial charge in [0.1, 0.15) is 0 Å². The molecular weight excluding hydrogens is 212 g/mol. The molecule has 1 amide bonds. The van der Waals surface area contributed by atoms with Gasteiger partial charge in [0, 0.05) is 12.6 Å². The number of likely N-dealkylation sites (N-methyl/N-ethyl adjacent to an activating group) is 1. The number of piperidine rings is 1. The lowest BCUT2D eigenvalue weighted by atomic mass is 10.0. The van der Waals surface area contributed by atoms with E-state index >= 15 is 0 Å². The van der Waals surface area contributed by atoms with Gasteiger partial charge in [-0.05, 0) is 26.4 Å². The minimum atomic E-state index is -1.07. The Labute approximate surface area is 93.8 Å². The van der Waals surface area contributed by atoms with Gasteiger partial charge in [0.2, 0.25) is 6.10 Å². The fourth-order valence-electron chi connectivity index (χ4n) is 2.30. The number of likely N-dealkylation sites (tertiary alicyclic amines) is 1. The summed E-state index contributed by atoms with van der Waals surface area (Å²) in [6, 6.07) is 0.0931. The number of hydrogen-bond donors (Lipinski definition) is 1. The minimum Gasteiger partial charge on any atom is -0.478 e. The van der Waals surface area contributed by atoms with Gasteiger partial charge in [-0.1, -0.05) is 0 Å². The molecule has 2 rings (SSSR count). The van der Waals surface area contributed by atoms with Crippen LogP contribution in [-0.2, 0) is 9.53 Å². The molecule has 1 unspecified atom stereocenters. The summed E-state index contributed by atoms with van der Waals surface area (Å²) in [5.41, 5.74) is 0. The number of carboxylic acid groups (broad SMARTS) is 1. The lowest BCUT2D eigenvalue weighted by Crippen LogP contribution is -2.47. The Kier molecular flexibility index (Phi) is 3.00. The highest BCUT2D eigenvalue weighted by atomic mass is 16.6. The van der Waals surface area contributed by atoms with Gasteiger partial charge in [-0.2, -0.15) is 0 Å². The van der Waals surface area contributed by atoms with Crippen molar-refractivity contribution in [1.29, 1.82) is 0 Å². The molecule has 1 N–H and O–H groups in total. The van der Waals surface area contributed by atoms with Crippen molar-refractivity contribution in [2.24, 2.45) is 0 Å². The van der Waals surface area contributed by atoms with Gasteiger partial charge in [0.15, 0.2) is 0 Å². The maximum atomic E-state index is 11.5. The number of carboxylic acids is 1. The smallest absolute Gasteiger partial charge is 0.411 e. The van der Waals surface area contributed by atoms with Crippen LogP contribution in [0.3, 0.4) is 0 Å². The summed E-state index contributed by atoms with van der Waals surface area (Å²) >= 11 is 0. The highest BCUT2D eigenvalue weighted by molar-refractivity contribution is 5.81. The molecule has 2 heterocycles. The van der Waals surface area contributed by atoms with E-state index < -0.39 is 18.2 Å². The van der Waals surface area contributed by atoms with E-state index in [2.05, 4.69) is 4.90 Å². The predicted molar refractivity (Wildman–Crippen MR) is 55.1 cm³/mol. The van der Waals surface area contributed by atoms with Crippen LogP contribution in [0, 0.1) is 0 Å². The monoisotopic (exact) mass is 228 g/mol. The molecule has 90 valence electrons. The first kappa shape index (κ1) is 11.2. The van der Waals surface area contributed by atoms with Crippen LogP contribution in [0.4, 0.5) is 4.79 Å². The molecule has 2 saturated heterocycles. The minimum absolute atomic E-state index is 0.0931. The average Bonchev–Trinajstić information content (AvgIpc) is 2.60. The van der Waals surface area contributed by atoms with Crippen LogP contribution in [0.1, 0.15) is 12.8 Å². The number of carbonyl (C=O) groups excluding carboxylic acids is 1. The topological polar surface area (TPSA) is 70.1 Å². The Morgan fingerprint density at radius 2 is 2.25 bits per heavy atom. The van der Waals surface area contributed by atoms with E-state index in [4.69, 9.17) is 9.84 Å². The summed E-state index contributed by atoms with van der Waals surface area (Å²) in [6.07, 6.45) is 0.460. The van der Waals surface area contributed by atoms with Crippen LogP contribution in [-0.4, -0.2) is 65.8 Å². The molecule has 6 heteroatoms. The lowest BCUT2D eigenvalue weighted by molar-refractivity contribution is -0.144.